The molecule has 1 aliphatic rings. The monoisotopic (exact) mass is 313 g/mol. The molecule has 0 unspecified atom stereocenters. The van der Waals surface area contributed by atoms with Gasteiger partial charge in [-0.2, -0.15) is 0 Å². The van der Waals surface area contributed by atoms with Gasteiger partial charge < -0.3 is 0 Å². The van der Waals surface area contributed by atoms with Crippen molar-refractivity contribution in [3.05, 3.63) is 50.3 Å². The Labute approximate surface area is 133 Å². The van der Waals surface area contributed by atoms with Crippen molar-refractivity contribution in [2.24, 2.45) is 7.05 Å². The number of thiazole rings is 1. The number of fused-ring (bicyclic) bond motifs is 2. The van der Waals surface area contributed by atoms with E-state index in [4.69, 9.17) is 4.98 Å². The Bertz CT molecular complexity index is 864. The van der Waals surface area contributed by atoms with Crippen LogP contribution < -0.4 is 5.69 Å². The van der Waals surface area contributed by atoms with Crippen molar-refractivity contribution in [1.82, 2.24) is 14.1 Å². The molecule has 0 saturated carbocycles. The van der Waals surface area contributed by atoms with Crippen molar-refractivity contribution in [2.45, 2.75) is 38.6 Å². The van der Waals surface area contributed by atoms with Crippen LogP contribution >= 0.6 is 11.3 Å². The molecule has 2 aromatic heterocycles. The van der Waals surface area contributed by atoms with Crippen molar-refractivity contribution in [1.29, 1.82) is 0 Å². The highest BCUT2D eigenvalue weighted by Gasteiger charge is 2.16. The number of benzene rings is 1. The zero-order valence-electron chi connectivity index (χ0n) is 12.7. The summed E-state index contributed by atoms with van der Waals surface area (Å²) in [7, 11) is 1.83. The molecule has 0 spiro atoms. The average Bonchev–Trinajstić information content (AvgIpc) is 2.93. The minimum Gasteiger partial charge on any atom is -0.295 e. The van der Waals surface area contributed by atoms with Crippen molar-refractivity contribution in [3.8, 4) is 0 Å². The quantitative estimate of drug-likeness (QED) is 0.682. The van der Waals surface area contributed by atoms with Crippen LogP contribution in [0.15, 0.2) is 29.1 Å². The first-order chi connectivity index (χ1) is 10.7. The fourth-order valence-corrected chi connectivity index (χ4v) is 4.45. The lowest BCUT2D eigenvalue weighted by Crippen LogP contribution is -2.22. The van der Waals surface area contributed by atoms with Crippen molar-refractivity contribution in [3.63, 3.8) is 0 Å². The zero-order valence-corrected chi connectivity index (χ0v) is 13.5. The molecule has 0 aliphatic heterocycles. The second kappa shape index (κ2) is 5.39. The summed E-state index contributed by atoms with van der Waals surface area (Å²) in [5, 5.41) is 1.06. The first-order valence-electron chi connectivity index (χ1n) is 7.86. The van der Waals surface area contributed by atoms with Crippen molar-refractivity contribution >= 4 is 22.4 Å². The molecule has 22 heavy (non-hydrogen) atoms. The highest BCUT2D eigenvalue weighted by molar-refractivity contribution is 7.11. The summed E-state index contributed by atoms with van der Waals surface area (Å²) in [6, 6.07) is 7.95. The van der Waals surface area contributed by atoms with Crippen LogP contribution in [0, 0.1) is 0 Å². The number of nitrogens with zero attached hydrogens (tertiary/aromatic N) is 3. The van der Waals surface area contributed by atoms with Gasteiger partial charge in [-0.1, -0.05) is 18.6 Å². The van der Waals surface area contributed by atoms with Gasteiger partial charge in [0.2, 0.25) is 0 Å². The van der Waals surface area contributed by atoms with E-state index in [0.29, 0.717) is 6.54 Å². The number of imidazole rings is 1. The smallest absolute Gasteiger partial charge is 0.295 e. The summed E-state index contributed by atoms with van der Waals surface area (Å²) in [6.45, 7) is 0.581. The highest BCUT2D eigenvalue weighted by atomic mass is 32.1. The van der Waals surface area contributed by atoms with Crippen LogP contribution in [-0.2, 0) is 26.4 Å². The topological polar surface area (TPSA) is 39.8 Å². The largest absolute Gasteiger partial charge is 0.329 e. The third-order valence-electron chi connectivity index (χ3n) is 4.49. The maximum Gasteiger partial charge on any atom is 0.329 e. The SMILES string of the molecule is Cn1c(=O)n(Cc2nc3c(s2)CCCCC3)c2ccccc21. The van der Waals surface area contributed by atoms with E-state index in [0.717, 1.165) is 28.9 Å². The van der Waals surface area contributed by atoms with Crippen LogP contribution in [0.2, 0.25) is 0 Å². The lowest BCUT2D eigenvalue weighted by Gasteiger charge is -2.00. The Balaban J connectivity index is 1.75. The lowest BCUT2D eigenvalue weighted by molar-refractivity contribution is 0.702. The van der Waals surface area contributed by atoms with Crippen molar-refractivity contribution in [2.75, 3.05) is 0 Å². The first-order valence-corrected chi connectivity index (χ1v) is 8.67. The Morgan fingerprint density at radius 1 is 1.14 bits per heavy atom. The van der Waals surface area contributed by atoms with E-state index < -0.39 is 0 Å². The van der Waals surface area contributed by atoms with Gasteiger partial charge in [-0.05, 0) is 37.8 Å². The lowest BCUT2D eigenvalue weighted by atomic mass is 10.2. The van der Waals surface area contributed by atoms with E-state index in [1.165, 1.54) is 29.8 Å². The Morgan fingerprint density at radius 2 is 1.91 bits per heavy atom. The number of hydrogen-bond acceptors (Lipinski definition) is 3. The molecule has 2 heterocycles. The van der Waals surface area contributed by atoms with Gasteiger partial charge >= 0.3 is 5.69 Å². The Hall–Kier alpha value is -1.88. The normalized spacial score (nSPS) is 15.0. The number of para-hydroxylation sites is 2. The number of hydrogen-bond donors (Lipinski definition) is 0. The Kier molecular flexibility index (Phi) is 3.37. The molecule has 0 bridgehead atoms. The number of rotatable bonds is 2. The van der Waals surface area contributed by atoms with Gasteiger partial charge in [0.25, 0.3) is 0 Å². The summed E-state index contributed by atoms with van der Waals surface area (Å²) < 4.78 is 3.56. The molecule has 0 N–H and O–H groups in total. The van der Waals surface area contributed by atoms with Gasteiger partial charge in [0.05, 0.1) is 23.3 Å². The van der Waals surface area contributed by atoms with E-state index in [2.05, 4.69) is 0 Å². The van der Waals surface area contributed by atoms with Gasteiger partial charge in [-0.3, -0.25) is 9.13 Å². The maximum atomic E-state index is 12.5. The van der Waals surface area contributed by atoms with Gasteiger partial charge in [-0.25, -0.2) is 9.78 Å². The molecule has 5 heteroatoms. The molecule has 0 saturated heterocycles. The van der Waals surface area contributed by atoms with E-state index >= 15 is 0 Å². The van der Waals surface area contributed by atoms with E-state index in [9.17, 15) is 4.79 Å². The molecule has 4 rings (SSSR count). The standard InChI is InChI=1S/C17H19N3OS/c1-19-13-8-5-6-9-14(13)20(17(19)21)11-16-18-12-7-3-2-4-10-15(12)22-16/h5-6,8-9H,2-4,7,10-11H2,1H3. The molecule has 1 aromatic carbocycles. The maximum absolute atomic E-state index is 12.5. The third-order valence-corrected chi connectivity index (χ3v) is 5.63. The second-order valence-corrected chi connectivity index (χ2v) is 7.12. The molecule has 1 aliphatic carbocycles. The predicted molar refractivity (Wildman–Crippen MR) is 89.7 cm³/mol. The highest BCUT2D eigenvalue weighted by Crippen LogP contribution is 2.26. The molecule has 3 aromatic rings. The molecular weight excluding hydrogens is 294 g/mol. The fourth-order valence-electron chi connectivity index (χ4n) is 3.30. The Morgan fingerprint density at radius 3 is 2.77 bits per heavy atom. The van der Waals surface area contributed by atoms with Crippen molar-refractivity contribution < 1.29 is 0 Å². The van der Waals surface area contributed by atoms with Gasteiger partial charge in [0.15, 0.2) is 0 Å². The third kappa shape index (κ3) is 2.20. The van der Waals surface area contributed by atoms with Crippen LogP contribution in [0.5, 0.6) is 0 Å². The van der Waals surface area contributed by atoms with Crippen LogP contribution in [0.25, 0.3) is 11.0 Å². The summed E-state index contributed by atoms with van der Waals surface area (Å²) in [6.07, 6.45) is 6.06. The molecule has 0 radical (unpaired) electrons. The molecule has 0 amide bonds. The fraction of sp³-hybridized carbons (Fsp3) is 0.412. The number of aromatic nitrogens is 3. The van der Waals surface area contributed by atoms with Crippen LogP contribution in [-0.4, -0.2) is 14.1 Å². The van der Waals surface area contributed by atoms with E-state index in [-0.39, 0.29) is 5.69 Å². The molecule has 0 fully saturated rings. The summed E-state index contributed by atoms with van der Waals surface area (Å²) in [4.78, 5) is 18.7. The average molecular weight is 313 g/mol. The minimum absolute atomic E-state index is 0.0339. The van der Waals surface area contributed by atoms with E-state index in [1.54, 1.807) is 15.9 Å². The van der Waals surface area contributed by atoms with Crippen LogP contribution in [0.4, 0.5) is 0 Å². The summed E-state index contributed by atoms with van der Waals surface area (Å²) in [5.41, 5.74) is 3.27. The molecule has 4 nitrogen and oxygen atoms in total. The minimum atomic E-state index is 0.0339. The van der Waals surface area contributed by atoms with Gasteiger partial charge in [0.1, 0.15) is 5.01 Å². The predicted octanol–water partition coefficient (Wildman–Crippen LogP) is 3.11. The second-order valence-electron chi connectivity index (χ2n) is 5.95. The van der Waals surface area contributed by atoms with Crippen LogP contribution in [0.1, 0.15) is 34.8 Å². The molecular formula is C17H19N3OS. The van der Waals surface area contributed by atoms with E-state index in [1.807, 2.05) is 35.9 Å². The molecule has 0 atom stereocenters. The van der Waals surface area contributed by atoms with Gasteiger partial charge in [0, 0.05) is 11.9 Å². The van der Waals surface area contributed by atoms with Crippen LogP contribution in [0.3, 0.4) is 0 Å². The summed E-state index contributed by atoms with van der Waals surface area (Å²) in [5.74, 6) is 0. The first kappa shape index (κ1) is 13.8. The molecule has 114 valence electrons. The summed E-state index contributed by atoms with van der Waals surface area (Å²) >= 11 is 1.79. The number of aryl methyl sites for hydroxylation is 3. The zero-order chi connectivity index (χ0) is 15.1. The van der Waals surface area contributed by atoms with Gasteiger partial charge in [-0.15, -0.1) is 11.3 Å².